The van der Waals surface area contributed by atoms with Crippen molar-refractivity contribution in [1.82, 2.24) is 14.9 Å². The molecular weight excluding hydrogens is 360 g/mol. The third-order valence-electron chi connectivity index (χ3n) is 5.25. The van der Waals surface area contributed by atoms with Crippen LogP contribution in [0.5, 0.6) is 0 Å². The number of carbonyl (C=O) groups is 2. The Morgan fingerprint density at radius 1 is 1.15 bits per heavy atom. The maximum atomic E-state index is 13.1. The molecule has 1 aliphatic heterocycles. The molecule has 1 atom stereocenters. The molecule has 3 aromatic rings. The predicted molar refractivity (Wildman–Crippen MR) is 105 cm³/mol. The molecule has 2 aromatic heterocycles. The molecule has 2 amide bonds. The van der Waals surface area contributed by atoms with E-state index in [1.807, 2.05) is 41.3 Å². The second kappa shape index (κ2) is 6.49. The van der Waals surface area contributed by atoms with Crippen molar-refractivity contribution in [2.24, 2.45) is 5.92 Å². The van der Waals surface area contributed by atoms with E-state index in [-0.39, 0.29) is 23.8 Å². The number of anilines is 1. The van der Waals surface area contributed by atoms with E-state index < -0.39 is 0 Å². The molecule has 0 radical (unpaired) electrons. The van der Waals surface area contributed by atoms with E-state index in [1.54, 1.807) is 0 Å². The standard InChI is InChI=1S/C20H20N4O2S/c25-19(12-7-8-12)23-17-10-9-16(27-17)20(26)24-11-3-6-15(24)18-21-13-4-1-2-5-14(13)22-18/h1-2,4-5,9-10,12,15H,3,6-8,11H2,(H,21,22)(H,23,25)/t15-/m1/s1. The smallest absolute Gasteiger partial charge is 0.264 e. The molecule has 2 N–H and O–H groups in total. The zero-order valence-corrected chi connectivity index (χ0v) is 15.6. The van der Waals surface area contributed by atoms with Crippen LogP contribution in [0.3, 0.4) is 0 Å². The highest BCUT2D eigenvalue weighted by molar-refractivity contribution is 7.18. The minimum atomic E-state index is -0.0310. The topological polar surface area (TPSA) is 78.1 Å². The number of likely N-dealkylation sites (tertiary alicyclic amines) is 1. The minimum absolute atomic E-state index is 0.00915. The lowest BCUT2D eigenvalue weighted by molar-refractivity contribution is -0.117. The SMILES string of the molecule is O=C(Nc1ccc(C(=O)N2CCC[C@@H]2c2nc3ccccc3[nH]2)s1)C1CC1. The Labute approximate surface area is 160 Å². The third-order valence-corrected chi connectivity index (χ3v) is 6.24. The van der Waals surface area contributed by atoms with Gasteiger partial charge in [-0.2, -0.15) is 0 Å². The van der Waals surface area contributed by atoms with Crippen LogP contribution in [0.25, 0.3) is 11.0 Å². The number of H-pyrrole nitrogens is 1. The van der Waals surface area contributed by atoms with Crippen LogP contribution in [0.1, 0.15) is 47.2 Å². The Hall–Kier alpha value is -2.67. The lowest BCUT2D eigenvalue weighted by Gasteiger charge is -2.22. The molecule has 5 rings (SSSR count). The maximum Gasteiger partial charge on any atom is 0.264 e. The van der Waals surface area contributed by atoms with Crippen LogP contribution in [0.4, 0.5) is 5.00 Å². The van der Waals surface area contributed by atoms with Crippen molar-refractivity contribution < 1.29 is 9.59 Å². The molecule has 1 aromatic carbocycles. The first-order chi connectivity index (χ1) is 13.2. The summed E-state index contributed by atoms with van der Waals surface area (Å²) in [5, 5.41) is 3.67. The summed E-state index contributed by atoms with van der Waals surface area (Å²) in [6.07, 6.45) is 3.80. The van der Waals surface area contributed by atoms with Crippen molar-refractivity contribution in [2.75, 3.05) is 11.9 Å². The maximum absolute atomic E-state index is 13.1. The van der Waals surface area contributed by atoms with Gasteiger partial charge >= 0.3 is 0 Å². The number of thiophene rings is 1. The lowest BCUT2D eigenvalue weighted by atomic mass is 10.2. The molecule has 1 saturated carbocycles. The van der Waals surface area contributed by atoms with Crippen LogP contribution < -0.4 is 5.32 Å². The monoisotopic (exact) mass is 380 g/mol. The molecule has 0 unspecified atom stereocenters. The molecule has 1 aliphatic carbocycles. The van der Waals surface area contributed by atoms with E-state index in [4.69, 9.17) is 0 Å². The van der Waals surface area contributed by atoms with Gasteiger partial charge in [-0.25, -0.2) is 4.98 Å². The van der Waals surface area contributed by atoms with E-state index >= 15 is 0 Å². The van der Waals surface area contributed by atoms with Gasteiger partial charge in [0.1, 0.15) is 5.82 Å². The summed E-state index contributed by atoms with van der Waals surface area (Å²) in [6, 6.07) is 11.5. The highest BCUT2D eigenvalue weighted by atomic mass is 32.1. The Morgan fingerprint density at radius 3 is 2.81 bits per heavy atom. The number of imidazole rings is 1. The third kappa shape index (κ3) is 3.12. The number of para-hydroxylation sites is 2. The van der Waals surface area contributed by atoms with Crippen molar-refractivity contribution in [3.63, 3.8) is 0 Å². The van der Waals surface area contributed by atoms with Gasteiger partial charge in [-0.1, -0.05) is 12.1 Å². The Kier molecular flexibility index (Phi) is 3.97. The van der Waals surface area contributed by atoms with E-state index in [0.29, 0.717) is 4.88 Å². The number of carbonyl (C=O) groups excluding carboxylic acids is 2. The van der Waals surface area contributed by atoms with E-state index in [9.17, 15) is 9.59 Å². The predicted octanol–water partition coefficient (Wildman–Crippen LogP) is 3.95. The van der Waals surface area contributed by atoms with Crippen LogP contribution in [0.15, 0.2) is 36.4 Å². The number of fused-ring (bicyclic) bond motifs is 1. The molecule has 3 heterocycles. The van der Waals surface area contributed by atoms with E-state index in [0.717, 1.165) is 54.1 Å². The van der Waals surface area contributed by atoms with Gasteiger partial charge in [0.2, 0.25) is 5.91 Å². The Bertz CT molecular complexity index is 987. The molecule has 0 bridgehead atoms. The van der Waals surface area contributed by atoms with Crippen LogP contribution >= 0.6 is 11.3 Å². The highest BCUT2D eigenvalue weighted by Gasteiger charge is 2.34. The first-order valence-electron chi connectivity index (χ1n) is 9.35. The normalized spacial score (nSPS) is 19.6. The Balaban J connectivity index is 1.35. The average molecular weight is 380 g/mol. The fraction of sp³-hybridized carbons (Fsp3) is 0.350. The number of benzene rings is 1. The molecule has 2 fully saturated rings. The van der Waals surface area contributed by atoms with Gasteiger partial charge in [-0.3, -0.25) is 9.59 Å². The number of aromatic nitrogens is 2. The number of nitrogens with one attached hydrogen (secondary N) is 2. The summed E-state index contributed by atoms with van der Waals surface area (Å²) in [5.41, 5.74) is 1.92. The van der Waals surface area contributed by atoms with Gasteiger partial charge in [0.05, 0.1) is 27.0 Å². The highest BCUT2D eigenvalue weighted by Crippen LogP contribution is 2.35. The number of rotatable bonds is 4. The second-order valence-corrected chi connectivity index (χ2v) is 8.31. The van der Waals surface area contributed by atoms with Crippen molar-refractivity contribution in [3.05, 3.63) is 47.1 Å². The number of nitrogens with zero attached hydrogens (tertiary/aromatic N) is 2. The fourth-order valence-electron chi connectivity index (χ4n) is 3.65. The first kappa shape index (κ1) is 16.5. The van der Waals surface area contributed by atoms with Gasteiger partial charge in [0, 0.05) is 12.5 Å². The van der Waals surface area contributed by atoms with Crippen LogP contribution in [0, 0.1) is 5.92 Å². The molecule has 7 heteroatoms. The quantitative estimate of drug-likeness (QED) is 0.719. The van der Waals surface area contributed by atoms with Gasteiger partial charge in [0.15, 0.2) is 0 Å². The molecule has 6 nitrogen and oxygen atoms in total. The van der Waals surface area contributed by atoms with Gasteiger partial charge in [-0.05, 0) is 49.9 Å². The summed E-state index contributed by atoms with van der Waals surface area (Å²) in [6.45, 7) is 0.724. The van der Waals surface area contributed by atoms with Gasteiger partial charge in [-0.15, -0.1) is 11.3 Å². The molecule has 27 heavy (non-hydrogen) atoms. The Morgan fingerprint density at radius 2 is 2.00 bits per heavy atom. The minimum Gasteiger partial charge on any atom is -0.340 e. The van der Waals surface area contributed by atoms with E-state index in [1.165, 1.54) is 11.3 Å². The number of hydrogen-bond acceptors (Lipinski definition) is 4. The molecule has 2 aliphatic rings. The van der Waals surface area contributed by atoms with Crippen LogP contribution in [0.2, 0.25) is 0 Å². The fourth-order valence-corrected chi connectivity index (χ4v) is 4.52. The summed E-state index contributed by atoms with van der Waals surface area (Å²) in [5.74, 6) is 1.08. The first-order valence-corrected chi connectivity index (χ1v) is 10.2. The second-order valence-electron chi connectivity index (χ2n) is 7.22. The van der Waals surface area contributed by atoms with E-state index in [2.05, 4.69) is 15.3 Å². The van der Waals surface area contributed by atoms with Crippen molar-refractivity contribution in [3.8, 4) is 0 Å². The molecule has 138 valence electrons. The zero-order valence-electron chi connectivity index (χ0n) is 14.8. The van der Waals surface area contributed by atoms with Crippen molar-refractivity contribution in [1.29, 1.82) is 0 Å². The summed E-state index contributed by atoms with van der Waals surface area (Å²) in [4.78, 5) is 35.6. The van der Waals surface area contributed by atoms with Gasteiger partial charge < -0.3 is 15.2 Å². The molecule has 1 saturated heterocycles. The van der Waals surface area contributed by atoms with Crippen LogP contribution in [-0.4, -0.2) is 33.2 Å². The van der Waals surface area contributed by atoms with Crippen molar-refractivity contribution in [2.45, 2.75) is 31.7 Å². The number of amides is 2. The van der Waals surface area contributed by atoms with Crippen LogP contribution in [-0.2, 0) is 4.79 Å². The molecular formula is C20H20N4O2S. The number of hydrogen-bond donors (Lipinski definition) is 2. The lowest BCUT2D eigenvalue weighted by Crippen LogP contribution is -2.30. The largest absolute Gasteiger partial charge is 0.340 e. The van der Waals surface area contributed by atoms with Gasteiger partial charge in [0.25, 0.3) is 5.91 Å². The zero-order chi connectivity index (χ0) is 18.4. The number of aromatic amines is 1. The summed E-state index contributed by atoms with van der Waals surface area (Å²) < 4.78 is 0. The van der Waals surface area contributed by atoms with Crippen molar-refractivity contribution >= 4 is 39.2 Å². The average Bonchev–Trinajstić information content (AvgIpc) is 3.09. The summed E-state index contributed by atoms with van der Waals surface area (Å²) >= 11 is 1.35. The molecule has 0 spiro atoms. The summed E-state index contributed by atoms with van der Waals surface area (Å²) in [7, 11) is 0.